The molecule has 26 heavy (non-hydrogen) atoms. The number of hydrogen-bond acceptors (Lipinski definition) is 3. The third-order valence-electron chi connectivity index (χ3n) is 4.20. The first kappa shape index (κ1) is 19.6. The zero-order chi connectivity index (χ0) is 18.6. The number of rotatable bonds is 10. The molecule has 0 unspecified atom stereocenters. The molecule has 2 N–H and O–H groups in total. The van der Waals surface area contributed by atoms with Gasteiger partial charge in [0.2, 0.25) is 5.91 Å². The molecule has 0 atom stereocenters. The summed E-state index contributed by atoms with van der Waals surface area (Å²) < 4.78 is 0. The maximum atomic E-state index is 11.2. The first-order valence-corrected chi connectivity index (χ1v) is 9.22. The number of H-pyrrole nitrogens is 1. The lowest BCUT2D eigenvalue weighted by molar-refractivity contribution is -0.120. The van der Waals surface area contributed by atoms with Crippen LogP contribution in [0.25, 0.3) is 17.3 Å². The monoisotopic (exact) mass is 352 g/mol. The lowest BCUT2D eigenvalue weighted by Crippen LogP contribution is -2.16. The van der Waals surface area contributed by atoms with Gasteiger partial charge in [-0.05, 0) is 37.0 Å². The van der Waals surface area contributed by atoms with Gasteiger partial charge in [0, 0.05) is 32.3 Å². The van der Waals surface area contributed by atoms with Crippen LogP contribution in [-0.2, 0) is 11.2 Å². The lowest BCUT2D eigenvalue weighted by Gasteiger charge is -2.01. The van der Waals surface area contributed by atoms with Gasteiger partial charge in [-0.2, -0.15) is 0 Å². The number of aryl methyl sites for hydroxylation is 1. The molecule has 0 aliphatic rings. The number of aromatic nitrogens is 2. The second kappa shape index (κ2) is 11.0. The number of benzene rings is 1. The Balaban J connectivity index is 1.77. The fourth-order valence-electron chi connectivity index (χ4n) is 2.68. The van der Waals surface area contributed by atoms with Crippen LogP contribution in [0.5, 0.6) is 0 Å². The highest BCUT2D eigenvalue weighted by atomic mass is 16.1. The van der Waals surface area contributed by atoms with E-state index in [4.69, 9.17) is 0 Å². The van der Waals surface area contributed by atoms with Gasteiger partial charge in [0.25, 0.3) is 0 Å². The zero-order valence-electron chi connectivity index (χ0n) is 15.7. The van der Waals surface area contributed by atoms with E-state index < -0.39 is 0 Å². The number of nitrogens with one attached hydrogen (secondary N) is 2. The Labute approximate surface area is 155 Å². The molecule has 0 radical (unpaired) electrons. The molecule has 0 aliphatic carbocycles. The van der Waals surface area contributed by atoms with Crippen LogP contribution >= 0.6 is 0 Å². The van der Waals surface area contributed by atoms with E-state index in [0.717, 1.165) is 54.7 Å². The Morgan fingerprint density at radius 3 is 2.69 bits per heavy atom. The highest BCUT2D eigenvalue weighted by Gasteiger charge is 2.04. The van der Waals surface area contributed by atoms with Crippen LogP contribution in [0.1, 0.15) is 50.4 Å². The van der Waals surface area contributed by atoms with Crippen molar-refractivity contribution in [3.05, 3.63) is 48.1 Å². The predicted molar refractivity (Wildman–Crippen MR) is 108 cm³/mol. The van der Waals surface area contributed by atoms with Crippen LogP contribution < -0.4 is 5.32 Å². The van der Waals surface area contributed by atoms with Crippen molar-refractivity contribution in [1.29, 1.82) is 0 Å². The molecule has 2 aromatic rings. The predicted octanol–water partition coefficient (Wildman–Crippen LogP) is 4.38. The number of nitrogens with zero attached hydrogens (tertiary/aromatic N) is 2. The molecule has 1 heterocycles. The van der Waals surface area contributed by atoms with Crippen molar-refractivity contribution < 1.29 is 4.79 Å². The Morgan fingerprint density at radius 2 is 1.96 bits per heavy atom. The molecule has 0 saturated carbocycles. The van der Waals surface area contributed by atoms with Crippen molar-refractivity contribution in [3.8, 4) is 11.3 Å². The molecule has 1 aromatic heterocycles. The normalized spacial score (nSPS) is 11.5. The summed E-state index contributed by atoms with van der Waals surface area (Å²) in [6, 6.07) is 8.32. The Kier molecular flexibility index (Phi) is 8.33. The molecular formula is C21H28N4O. The van der Waals surface area contributed by atoms with Gasteiger partial charge >= 0.3 is 0 Å². The molecule has 2 rings (SSSR count). The van der Waals surface area contributed by atoms with Crippen LogP contribution in [0.2, 0.25) is 0 Å². The lowest BCUT2D eigenvalue weighted by atomic mass is 10.1. The average Bonchev–Trinajstić information content (AvgIpc) is 3.14. The highest BCUT2D eigenvalue weighted by Crippen LogP contribution is 2.19. The Bertz CT molecular complexity index is 729. The summed E-state index contributed by atoms with van der Waals surface area (Å²) in [5, 5.41) is 2.65. The Morgan fingerprint density at radius 1 is 1.19 bits per heavy atom. The van der Waals surface area contributed by atoms with Crippen molar-refractivity contribution >= 4 is 18.2 Å². The average molecular weight is 352 g/mol. The third-order valence-corrected chi connectivity index (χ3v) is 4.20. The van der Waals surface area contributed by atoms with E-state index in [1.165, 1.54) is 0 Å². The smallest absolute Gasteiger partial charge is 0.219 e. The molecular weight excluding hydrogens is 324 g/mol. The molecule has 0 spiro atoms. The number of aromatic amines is 1. The second-order valence-electron chi connectivity index (χ2n) is 6.18. The molecule has 1 amide bonds. The Hall–Kier alpha value is -2.69. The van der Waals surface area contributed by atoms with Gasteiger partial charge < -0.3 is 10.3 Å². The van der Waals surface area contributed by atoms with Gasteiger partial charge in [-0.15, -0.1) is 0 Å². The molecule has 5 heteroatoms. The van der Waals surface area contributed by atoms with Gasteiger partial charge in [-0.1, -0.05) is 37.1 Å². The largest absolute Gasteiger partial charge is 0.359 e. The van der Waals surface area contributed by atoms with E-state index >= 15 is 0 Å². The SMILES string of the molecule is C/C=N\C=C/c1ccc(-c2cnc(CCCCCCC(=O)NC)[nH]2)cc1. The fourth-order valence-corrected chi connectivity index (χ4v) is 2.68. The molecule has 138 valence electrons. The van der Waals surface area contributed by atoms with E-state index in [-0.39, 0.29) is 5.91 Å². The third kappa shape index (κ3) is 6.67. The van der Waals surface area contributed by atoms with Crippen LogP contribution in [0.4, 0.5) is 0 Å². The van der Waals surface area contributed by atoms with Gasteiger partial charge in [0.1, 0.15) is 5.82 Å². The van der Waals surface area contributed by atoms with E-state index in [9.17, 15) is 4.79 Å². The van der Waals surface area contributed by atoms with Crippen molar-refractivity contribution in [3.63, 3.8) is 0 Å². The topological polar surface area (TPSA) is 70.1 Å². The van der Waals surface area contributed by atoms with Crippen molar-refractivity contribution in [2.75, 3.05) is 7.05 Å². The summed E-state index contributed by atoms with van der Waals surface area (Å²) in [5.74, 6) is 1.15. The zero-order valence-corrected chi connectivity index (χ0v) is 15.7. The molecule has 5 nitrogen and oxygen atoms in total. The number of amides is 1. The second-order valence-corrected chi connectivity index (χ2v) is 6.18. The number of aliphatic imine (C=N–C) groups is 1. The van der Waals surface area contributed by atoms with E-state index in [1.54, 1.807) is 19.5 Å². The van der Waals surface area contributed by atoms with Crippen molar-refractivity contribution in [2.24, 2.45) is 4.99 Å². The fraction of sp³-hybridized carbons (Fsp3) is 0.381. The first-order chi connectivity index (χ1) is 12.7. The summed E-state index contributed by atoms with van der Waals surface area (Å²) >= 11 is 0. The number of unbranched alkanes of at least 4 members (excludes halogenated alkanes) is 3. The summed E-state index contributed by atoms with van der Waals surface area (Å²) in [7, 11) is 1.68. The minimum Gasteiger partial charge on any atom is -0.359 e. The number of imidazole rings is 1. The highest BCUT2D eigenvalue weighted by molar-refractivity contribution is 5.75. The number of hydrogen-bond donors (Lipinski definition) is 2. The minimum absolute atomic E-state index is 0.125. The number of carbonyl (C=O) groups is 1. The number of carbonyl (C=O) groups excluding carboxylic acids is 1. The quantitative estimate of drug-likeness (QED) is 0.492. The van der Waals surface area contributed by atoms with Crippen LogP contribution in [0.3, 0.4) is 0 Å². The maximum Gasteiger partial charge on any atom is 0.219 e. The van der Waals surface area contributed by atoms with Crippen molar-refractivity contribution in [2.45, 2.75) is 45.4 Å². The van der Waals surface area contributed by atoms with Crippen molar-refractivity contribution in [1.82, 2.24) is 15.3 Å². The van der Waals surface area contributed by atoms with Crippen LogP contribution in [0.15, 0.2) is 41.7 Å². The summed E-state index contributed by atoms with van der Waals surface area (Å²) in [5.41, 5.74) is 3.29. The molecule has 0 aliphatic heterocycles. The van der Waals surface area contributed by atoms with Crippen LogP contribution in [0, 0.1) is 0 Å². The van der Waals surface area contributed by atoms with E-state index in [2.05, 4.69) is 44.5 Å². The summed E-state index contributed by atoms with van der Waals surface area (Å²) in [6.07, 6.45) is 13.2. The molecule has 0 fully saturated rings. The minimum atomic E-state index is 0.125. The van der Waals surface area contributed by atoms with Gasteiger partial charge in [-0.3, -0.25) is 9.79 Å². The molecule has 1 aromatic carbocycles. The maximum absolute atomic E-state index is 11.2. The van der Waals surface area contributed by atoms with Gasteiger partial charge in [0.05, 0.1) is 11.9 Å². The van der Waals surface area contributed by atoms with Gasteiger partial charge in [-0.25, -0.2) is 4.98 Å². The van der Waals surface area contributed by atoms with Gasteiger partial charge in [0.15, 0.2) is 0 Å². The van der Waals surface area contributed by atoms with E-state index in [1.807, 2.05) is 19.2 Å². The standard InChI is InChI=1S/C21H28N4O/c1-3-23-15-14-17-10-12-18(13-11-17)19-16-24-20(25-19)8-6-4-5-7-9-21(26)22-2/h3,10-16H,4-9H2,1-2H3,(H,22,26)(H,24,25)/b15-14-,23-3-. The first-order valence-electron chi connectivity index (χ1n) is 9.22. The van der Waals surface area contributed by atoms with E-state index in [0.29, 0.717) is 6.42 Å². The summed E-state index contributed by atoms with van der Waals surface area (Å²) in [4.78, 5) is 23.1. The molecule has 0 bridgehead atoms. The van der Waals surface area contributed by atoms with Crippen LogP contribution in [-0.4, -0.2) is 29.1 Å². The summed E-state index contributed by atoms with van der Waals surface area (Å²) in [6.45, 7) is 1.90. The molecule has 0 saturated heterocycles.